The molecular weight excluding hydrogens is 398 g/mol. The molecule has 1 N–H and O–H groups in total. The number of amides is 1. The first-order chi connectivity index (χ1) is 14.5. The van der Waals surface area contributed by atoms with E-state index in [1.807, 2.05) is 19.1 Å². The molecule has 2 aromatic carbocycles. The van der Waals surface area contributed by atoms with Gasteiger partial charge in [0.05, 0.1) is 10.6 Å². The van der Waals surface area contributed by atoms with Gasteiger partial charge in [-0.3, -0.25) is 9.10 Å². The molecule has 1 fully saturated rings. The highest BCUT2D eigenvalue weighted by atomic mass is 32.2. The van der Waals surface area contributed by atoms with Gasteiger partial charge in [-0.25, -0.2) is 13.8 Å². The van der Waals surface area contributed by atoms with Crippen molar-refractivity contribution < 1.29 is 13.2 Å². The Labute approximate surface area is 179 Å². The van der Waals surface area contributed by atoms with Crippen molar-refractivity contribution in [3.05, 3.63) is 60.2 Å². The van der Waals surface area contributed by atoms with Crippen LogP contribution in [0.4, 0.5) is 5.69 Å². The van der Waals surface area contributed by atoms with E-state index in [2.05, 4.69) is 10.5 Å². The van der Waals surface area contributed by atoms with Crippen LogP contribution in [0.5, 0.6) is 0 Å². The Morgan fingerprint density at radius 2 is 1.60 bits per heavy atom. The van der Waals surface area contributed by atoms with Crippen LogP contribution in [0.2, 0.25) is 0 Å². The van der Waals surface area contributed by atoms with E-state index in [1.54, 1.807) is 42.5 Å². The van der Waals surface area contributed by atoms with Crippen molar-refractivity contribution in [3.63, 3.8) is 0 Å². The lowest BCUT2D eigenvalue weighted by atomic mass is 10.1. The maximum Gasteiger partial charge on any atom is 0.264 e. The van der Waals surface area contributed by atoms with Gasteiger partial charge in [0, 0.05) is 5.71 Å². The average molecular weight is 428 g/mol. The van der Waals surface area contributed by atoms with Gasteiger partial charge in [0.25, 0.3) is 15.9 Å². The number of hydrogen-bond donors (Lipinski definition) is 1. The largest absolute Gasteiger partial charge is 0.271 e. The van der Waals surface area contributed by atoms with E-state index in [4.69, 9.17) is 0 Å². The van der Waals surface area contributed by atoms with Crippen LogP contribution in [0.3, 0.4) is 0 Å². The third-order valence-electron chi connectivity index (χ3n) is 5.28. The molecule has 0 radical (unpaired) electrons. The number of nitrogens with zero attached hydrogens (tertiary/aromatic N) is 2. The molecule has 0 bridgehead atoms. The van der Waals surface area contributed by atoms with Crippen LogP contribution in [-0.4, -0.2) is 26.6 Å². The summed E-state index contributed by atoms with van der Waals surface area (Å²) in [6.07, 6.45) is 6.94. The first-order valence-electron chi connectivity index (χ1n) is 10.5. The molecule has 0 heterocycles. The van der Waals surface area contributed by atoms with E-state index in [1.165, 1.54) is 17.1 Å². The lowest BCUT2D eigenvalue weighted by Crippen LogP contribution is -2.40. The highest BCUT2D eigenvalue weighted by Crippen LogP contribution is 2.27. The smallest absolute Gasteiger partial charge is 0.264 e. The number of anilines is 1. The summed E-state index contributed by atoms with van der Waals surface area (Å²) in [6.45, 7) is 1.63. The van der Waals surface area contributed by atoms with Gasteiger partial charge in [-0.15, -0.1) is 0 Å². The predicted molar refractivity (Wildman–Crippen MR) is 120 cm³/mol. The van der Waals surface area contributed by atoms with Crippen molar-refractivity contribution in [2.24, 2.45) is 5.10 Å². The average Bonchev–Trinajstić information content (AvgIpc) is 3.05. The summed E-state index contributed by atoms with van der Waals surface area (Å²) >= 11 is 0. The molecule has 1 saturated carbocycles. The second kappa shape index (κ2) is 10.4. The fourth-order valence-electron chi connectivity index (χ4n) is 3.63. The molecule has 160 valence electrons. The van der Waals surface area contributed by atoms with Crippen LogP contribution in [0.25, 0.3) is 0 Å². The number of carbonyl (C=O) groups excluding carboxylic acids is 1. The Balaban J connectivity index is 1.88. The standard InChI is InChI=1S/C23H29N3O3S/c1-2-19-12-10-11-17-22(19)26(30(28,29)21-15-8-5-9-16-21)18-23(27)25-24-20-13-6-3-4-7-14-20/h5,8-12,15-17H,2-4,6-7,13-14,18H2,1H3,(H,25,27). The zero-order valence-electron chi connectivity index (χ0n) is 17.4. The van der Waals surface area contributed by atoms with E-state index in [0.717, 1.165) is 37.0 Å². The number of hydrogen-bond acceptors (Lipinski definition) is 4. The number of benzene rings is 2. The molecule has 0 unspecified atom stereocenters. The van der Waals surface area contributed by atoms with Crippen molar-refractivity contribution in [2.75, 3.05) is 10.8 Å². The van der Waals surface area contributed by atoms with E-state index in [-0.39, 0.29) is 11.4 Å². The maximum absolute atomic E-state index is 13.4. The first kappa shape index (κ1) is 22.0. The van der Waals surface area contributed by atoms with Gasteiger partial charge >= 0.3 is 0 Å². The lowest BCUT2D eigenvalue weighted by Gasteiger charge is -2.25. The molecule has 1 aliphatic carbocycles. The maximum atomic E-state index is 13.4. The molecule has 6 nitrogen and oxygen atoms in total. The van der Waals surface area contributed by atoms with Crippen molar-refractivity contribution in [1.29, 1.82) is 0 Å². The summed E-state index contributed by atoms with van der Waals surface area (Å²) < 4.78 is 28.0. The highest BCUT2D eigenvalue weighted by molar-refractivity contribution is 7.92. The summed E-state index contributed by atoms with van der Waals surface area (Å²) in [7, 11) is -3.91. The molecule has 0 atom stereocenters. The zero-order valence-corrected chi connectivity index (χ0v) is 18.2. The van der Waals surface area contributed by atoms with E-state index < -0.39 is 15.9 Å². The number of aryl methyl sites for hydroxylation is 1. The minimum absolute atomic E-state index is 0.152. The van der Waals surface area contributed by atoms with E-state index in [9.17, 15) is 13.2 Å². The van der Waals surface area contributed by atoms with E-state index in [0.29, 0.717) is 12.1 Å². The Hall–Kier alpha value is -2.67. The number of hydrazone groups is 1. The van der Waals surface area contributed by atoms with Crippen LogP contribution >= 0.6 is 0 Å². The van der Waals surface area contributed by atoms with Gasteiger partial charge in [-0.05, 0) is 55.9 Å². The molecule has 0 aromatic heterocycles. The first-order valence-corrected chi connectivity index (χ1v) is 12.0. The Bertz CT molecular complexity index is 978. The molecule has 0 spiro atoms. The number of para-hydroxylation sites is 1. The Morgan fingerprint density at radius 1 is 0.967 bits per heavy atom. The lowest BCUT2D eigenvalue weighted by molar-refractivity contribution is -0.119. The summed E-state index contributed by atoms with van der Waals surface area (Å²) in [5.41, 5.74) is 4.94. The quantitative estimate of drug-likeness (QED) is 0.529. The zero-order chi connectivity index (χ0) is 21.4. The third-order valence-corrected chi connectivity index (χ3v) is 7.05. The molecule has 3 rings (SSSR count). The minimum atomic E-state index is -3.91. The molecule has 7 heteroatoms. The summed E-state index contributed by atoms with van der Waals surface area (Å²) in [6, 6.07) is 15.5. The molecule has 30 heavy (non-hydrogen) atoms. The predicted octanol–water partition coefficient (Wildman–Crippen LogP) is 4.27. The fourth-order valence-corrected chi connectivity index (χ4v) is 5.11. The number of sulfonamides is 1. The van der Waals surface area contributed by atoms with Crippen LogP contribution in [0.15, 0.2) is 64.6 Å². The highest BCUT2D eigenvalue weighted by Gasteiger charge is 2.28. The number of rotatable bonds is 7. The number of carbonyl (C=O) groups is 1. The molecule has 1 amide bonds. The second-order valence-electron chi connectivity index (χ2n) is 7.43. The van der Waals surface area contributed by atoms with Gasteiger partial charge in [-0.2, -0.15) is 5.10 Å². The van der Waals surface area contributed by atoms with Gasteiger partial charge in [-0.1, -0.05) is 56.2 Å². The number of nitrogens with one attached hydrogen (secondary N) is 1. The normalized spacial score (nSPS) is 14.6. The topological polar surface area (TPSA) is 78.8 Å². The van der Waals surface area contributed by atoms with Crippen LogP contribution < -0.4 is 9.73 Å². The van der Waals surface area contributed by atoms with Gasteiger partial charge in [0.2, 0.25) is 0 Å². The molecule has 0 aliphatic heterocycles. The molecule has 0 saturated heterocycles. The Kier molecular flexibility index (Phi) is 7.63. The van der Waals surface area contributed by atoms with Gasteiger partial charge in [0.15, 0.2) is 0 Å². The van der Waals surface area contributed by atoms with Crippen molar-refractivity contribution in [1.82, 2.24) is 5.43 Å². The second-order valence-corrected chi connectivity index (χ2v) is 9.30. The van der Waals surface area contributed by atoms with Crippen molar-refractivity contribution in [2.45, 2.75) is 56.8 Å². The summed E-state index contributed by atoms with van der Waals surface area (Å²) in [5.74, 6) is -0.447. The van der Waals surface area contributed by atoms with E-state index >= 15 is 0 Å². The van der Waals surface area contributed by atoms with Gasteiger partial charge in [0.1, 0.15) is 6.54 Å². The van der Waals surface area contributed by atoms with Gasteiger partial charge < -0.3 is 0 Å². The van der Waals surface area contributed by atoms with Crippen LogP contribution in [-0.2, 0) is 21.2 Å². The molecular formula is C23H29N3O3S. The third kappa shape index (κ3) is 5.48. The molecule has 2 aromatic rings. The SMILES string of the molecule is CCc1ccccc1N(CC(=O)NN=C1CCCCCC1)S(=O)(=O)c1ccccc1. The van der Waals surface area contributed by atoms with Crippen molar-refractivity contribution in [3.8, 4) is 0 Å². The monoisotopic (exact) mass is 427 g/mol. The Morgan fingerprint density at radius 3 is 2.27 bits per heavy atom. The van der Waals surface area contributed by atoms with Crippen LogP contribution in [0, 0.1) is 0 Å². The molecule has 1 aliphatic rings. The minimum Gasteiger partial charge on any atom is -0.271 e. The summed E-state index contributed by atoms with van der Waals surface area (Å²) in [5, 5.41) is 4.28. The van der Waals surface area contributed by atoms with Crippen molar-refractivity contribution >= 4 is 27.3 Å². The summed E-state index contributed by atoms with van der Waals surface area (Å²) in [4.78, 5) is 12.9. The fraction of sp³-hybridized carbons (Fsp3) is 0.391. The van der Waals surface area contributed by atoms with Crippen LogP contribution in [0.1, 0.15) is 51.0 Å².